The maximum atomic E-state index is 11.0. The third-order valence-electron chi connectivity index (χ3n) is 3.79. The average molecular weight is 348 g/mol. The molecule has 0 saturated heterocycles. The molecule has 4 rings (SSSR count). The summed E-state index contributed by atoms with van der Waals surface area (Å²) in [7, 11) is 0. The Balaban J connectivity index is 1.82. The topological polar surface area (TPSA) is 106 Å². The number of imidazole rings is 1. The Kier molecular flexibility index (Phi) is 3.70. The van der Waals surface area contributed by atoms with Gasteiger partial charge in [0.15, 0.2) is 23.0 Å². The number of pyridine rings is 1. The number of nitro groups is 1. The Morgan fingerprint density at radius 1 is 1.23 bits per heavy atom. The number of phenolic OH excluding ortho intramolecular Hbond substituents is 1. The van der Waals surface area contributed by atoms with Crippen molar-refractivity contribution in [3.63, 3.8) is 0 Å². The minimum absolute atomic E-state index is 0.377. The third kappa shape index (κ3) is 2.69. The number of phenols is 1. The SMILES string of the molecule is O=[N+]([O-])c1cc(C=Nc2c(-c3ccco3)nc3ccccn23)ccc1O. The highest BCUT2D eigenvalue weighted by Crippen LogP contribution is 2.31. The first-order chi connectivity index (χ1) is 12.6. The first-order valence-electron chi connectivity index (χ1n) is 7.66. The first-order valence-corrected chi connectivity index (χ1v) is 7.66. The summed E-state index contributed by atoms with van der Waals surface area (Å²) in [5, 5.41) is 20.5. The second-order valence-corrected chi connectivity index (χ2v) is 5.45. The molecule has 4 aromatic rings. The van der Waals surface area contributed by atoms with Crippen molar-refractivity contribution in [3.8, 4) is 17.2 Å². The van der Waals surface area contributed by atoms with Crippen molar-refractivity contribution in [3.05, 3.63) is 76.7 Å². The smallest absolute Gasteiger partial charge is 0.311 e. The lowest BCUT2D eigenvalue weighted by molar-refractivity contribution is -0.385. The lowest BCUT2D eigenvalue weighted by Crippen LogP contribution is -1.91. The molecule has 8 nitrogen and oxygen atoms in total. The number of hydrogen-bond acceptors (Lipinski definition) is 6. The lowest BCUT2D eigenvalue weighted by atomic mass is 10.2. The molecule has 0 bridgehead atoms. The van der Waals surface area contributed by atoms with Crippen LogP contribution in [0.15, 0.2) is 70.4 Å². The predicted octanol–water partition coefficient (Wildman–Crippen LogP) is 3.96. The Morgan fingerprint density at radius 2 is 2.12 bits per heavy atom. The molecule has 0 aliphatic carbocycles. The number of benzene rings is 1. The number of nitrogens with zero attached hydrogens (tertiary/aromatic N) is 4. The van der Waals surface area contributed by atoms with E-state index in [4.69, 9.17) is 4.42 Å². The van der Waals surface area contributed by atoms with Gasteiger partial charge in [-0.1, -0.05) is 6.07 Å². The second-order valence-electron chi connectivity index (χ2n) is 5.45. The van der Waals surface area contributed by atoms with Gasteiger partial charge in [0.05, 0.1) is 11.2 Å². The van der Waals surface area contributed by atoms with Crippen LogP contribution in [0.1, 0.15) is 5.56 Å². The molecule has 0 spiro atoms. The summed E-state index contributed by atoms with van der Waals surface area (Å²) in [5.74, 6) is 0.710. The molecule has 0 aliphatic heterocycles. The molecule has 0 atom stereocenters. The van der Waals surface area contributed by atoms with E-state index in [1.807, 2.05) is 24.4 Å². The Morgan fingerprint density at radius 3 is 2.88 bits per heavy atom. The summed E-state index contributed by atoms with van der Waals surface area (Å²) in [5.41, 5.74) is 1.36. The molecule has 8 heteroatoms. The fourth-order valence-corrected chi connectivity index (χ4v) is 2.59. The molecular weight excluding hydrogens is 336 g/mol. The van der Waals surface area contributed by atoms with Crippen LogP contribution < -0.4 is 0 Å². The largest absolute Gasteiger partial charge is 0.502 e. The predicted molar refractivity (Wildman–Crippen MR) is 94.9 cm³/mol. The van der Waals surface area contributed by atoms with Crippen LogP contribution >= 0.6 is 0 Å². The zero-order valence-corrected chi connectivity index (χ0v) is 13.3. The van der Waals surface area contributed by atoms with Crippen LogP contribution in [0.5, 0.6) is 5.75 Å². The summed E-state index contributed by atoms with van der Waals surface area (Å²) in [6.07, 6.45) is 4.85. The quantitative estimate of drug-likeness (QED) is 0.341. The van der Waals surface area contributed by atoms with E-state index in [2.05, 4.69) is 9.98 Å². The minimum atomic E-state index is -0.644. The van der Waals surface area contributed by atoms with Gasteiger partial charge in [-0.05, 0) is 42.0 Å². The van der Waals surface area contributed by atoms with Crippen molar-refractivity contribution in [2.75, 3.05) is 0 Å². The number of aromatic hydroxyl groups is 1. The summed E-state index contributed by atoms with van der Waals surface area (Å²) >= 11 is 0. The normalized spacial score (nSPS) is 11.4. The van der Waals surface area contributed by atoms with Gasteiger partial charge in [0.25, 0.3) is 0 Å². The number of rotatable bonds is 4. The van der Waals surface area contributed by atoms with Gasteiger partial charge in [0.2, 0.25) is 0 Å². The van der Waals surface area contributed by atoms with Gasteiger partial charge in [-0.2, -0.15) is 0 Å². The molecule has 0 saturated carbocycles. The number of nitro benzene ring substituents is 1. The van der Waals surface area contributed by atoms with E-state index in [0.29, 0.717) is 28.5 Å². The van der Waals surface area contributed by atoms with Gasteiger partial charge < -0.3 is 9.52 Å². The minimum Gasteiger partial charge on any atom is -0.502 e. The van der Waals surface area contributed by atoms with Crippen molar-refractivity contribution in [1.82, 2.24) is 9.38 Å². The molecule has 0 aliphatic rings. The van der Waals surface area contributed by atoms with Crippen LogP contribution in [0.3, 0.4) is 0 Å². The van der Waals surface area contributed by atoms with Crippen molar-refractivity contribution in [2.24, 2.45) is 4.99 Å². The van der Waals surface area contributed by atoms with Crippen LogP contribution in [0.2, 0.25) is 0 Å². The fourth-order valence-electron chi connectivity index (χ4n) is 2.59. The highest BCUT2D eigenvalue weighted by atomic mass is 16.6. The monoisotopic (exact) mass is 348 g/mol. The molecule has 0 unspecified atom stereocenters. The van der Waals surface area contributed by atoms with E-state index in [-0.39, 0.29) is 5.69 Å². The Hall–Kier alpha value is -3.94. The van der Waals surface area contributed by atoms with Crippen molar-refractivity contribution in [2.45, 2.75) is 0 Å². The molecular formula is C18H12N4O4. The van der Waals surface area contributed by atoms with Crippen LogP contribution in [-0.4, -0.2) is 25.6 Å². The van der Waals surface area contributed by atoms with E-state index < -0.39 is 10.7 Å². The van der Waals surface area contributed by atoms with Crippen molar-refractivity contribution in [1.29, 1.82) is 0 Å². The zero-order chi connectivity index (χ0) is 18.1. The maximum absolute atomic E-state index is 11.0. The molecule has 26 heavy (non-hydrogen) atoms. The highest BCUT2D eigenvalue weighted by Gasteiger charge is 2.16. The molecule has 1 aromatic carbocycles. The molecule has 0 radical (unpaired) electrons. The van der Waals surface area contributed by atoms with E-state index in [0.717, 1.165) is 0 Å². The number of fused-ring (bicyclic) bond motifs is 1. The standard InChI is InChI=1S/C18H12N4O4/c23-14-7-6-12(10-13(14)22(24)25)11-19-18-17(15-4-3-9-26-15)20-16-5-1-2-8-21(16)18/h1-11,23H. The van der Waals surface area contributed by atoms with Crippen LogP contribution in [0.25, 0.3) is 17.1 Å². The molecule has 0 fully saturated rings. The second kappa shape index (κ2) is 6.17. The Labute approximate surface area is 146 Å². The number of hydrogen-bond donors (Lipinski definition) is 1. The fraction of sp³-hybridized carbons (Fsp3) is 0. The van der Waals surface area contributed by atoms with Crippen molar-refractivity contribution >= 4 is 23.4 Å². The van der Waals surface area contributed by atoms with E-state index in [1.165, 1.54) is 18.3 Å². The summed E-state index contributed by atoms with van der Waals surface area (Å²) in [6, 6.07) is 13.2. The molecule has 128 valence electrons. The lowest BCUT2D eigenvalue weighted by Gasteiger charge is -1.99. The number of aliphatic imine (C=N–C) groups is 1. The number of aromatic nitrogens is 2. The molecule has 1 N–H and O–H groups in total. The Bertz CT molecular complexity index is 1130. The van der Waals surface area contributed by atoms with E-state index in [9.17, 15) is 15.2 Å². The van der Waals surface area contributed by atoms with Crippen LogP contribution in [-0.2, 0) is 0 Å². The zero-order valence-electron chi connectivity index (χ0n) is 13.3. The average Bonchev–Trinajstić information content (AvgIpc) is 3.28. The highest BCUT2D eigenvalue weighted by molar-refractivity contribution is 5.85. The van der Waals surface area contributed by atoms with Gasteiger partial charge in [-0.3, -0.25) is 14.5 Å². The maximum Gasteiger partial charge on any atom is 0.311 e. The van der Waals surface area contributed by atoms with Gasteiger partial charge in [-0.25, -0.2) is 9.98 Å². The van der Waals surface area contributed by atoms with E-state index >= 15 is 0 Å². The van der Waals surface area contributed by atoms with Gasteiger partial charge in [-0.15, -0.1) is 0 Å². The van der Waals surface area contributed by atoms with Gasteiger partial charge >= 0.3 is 5.69 Å². The van der Waals surface area contributed by atoms with Crippen molar-refractivity contribution < 1.29 is 14.4 Å². The number of furan rings is 1. The first kappa shape index (κ1) is 15.6. The molecule has 3 aromatic heterocycles. The van der Waals surface area contributed by atoms with Crippen LogP contribution in [0, 0.1) is 10.1 Å². The van der Waals surface area contributed by atoms with Gasteiger partial charge in [0, 0.05) is 18.5 Å². The summed E-state index contributed by atoms with van der Waals surface area (Å²) in [4.78, 5) is 19.3. The van der Waals surface area contributed by atoms with Gasteiger partial charge in [0.1, 0.15) is 5.65 Å². The van der Waals surface area contributed by atoms with Crippen LogP contribution in [0.4, 0.5) is 11.5 Å². The molecule has 3 heterocycles. The third-order valence-corrected chi connectivity index (χ3v) is 3.79. The summed E-state index contributed by atoms with van der Waals surface area (Å²) < 4.78 is 7.23. The molecule has 0 amide bonds. The summed E-state index contributed by atoms with van der Waals surface area (Å²) in [6.45, 7) is 0. The van der Waals surface area contributed by atoms with E-state index in [1.54, 1.807) is 28.9 Å².